The Kier molecular flexibility index (Phi) is 9.81. The molecule has 0 saturated carbocycles. The molecule has 0 spiro atoms. The lowest BCUT2D eigenvalue weighted by Gasteiger charge is -2.33. The lowest BCUT2D eigenvalue weighted by atomic mass is 10.0. The van der Waals surface area contributed by atoms with Gasteiger partial charge in [0, 0.05) is 25.0 Å². The number of carbonyl (C=O) groups is 2. The number of benzene rings is 4. The molecule has 0 saturated heterocycles. The second-order valence-electron chi connectivity index (χ2n) is 9.59. The summed E-state index contributed by atoms with van der Waals surface area (Å²) in [5, 5.41) is 3.05. The summed E-state index contributed by atoms with van der Waals surface area (Å²) in [5.41, 5.74) is 2.69. The number of nitrogens with one attached hydrogen (secondary N) is 1. The first-order valence-electron chi connectivity index (χ1n) is 13.1. The summed E-state index contributed by atoms with van der Waals surface area (Å²) in [6, 6.07) is 30.6. The van der Waals surface area contributed by atoms with Gasteiger partial charge >= 0.3 is 0 Å². The van der Waals surface area contributed by atoms with Crippen LogP contribution in [0.1, 0.15) is 16.7 Å². The Balaban J connectivity index is 1.78. The fourth-order valence-electron chi connectivity index (χ4n) is 4.49. The minimum Gasteiger partial charge on any atom is -0.357 e. The van der Waals surface area contributed by atoms with Gasteiger partial charge in [0.15, 0.2) is 0 Å². The summed E-state index contributed by atoms with van der Waals surface area (Å²) in [5.74, 6) is -0.886. The first-order valence-corrected chi connectivity index (χ1v) is 15.0. The second kappa shape index (κ2) is 13.5. The Bertz CT molecular complexity index is 1580. The molecule has 41 heavy (non-hydrogen) atoms. The molecule has 1 atom stereocenters. The van der Waals surface area contributed by atoms with E-state index in [2.05, 4.69) is 5.32 Å². The average molecular weight is 590 g/mol. The van der Waals surface area contributed by atoms with Gasteiger partial charge in [0.05, 0.1) is 10.6 Å². The molecular formula is C32H32ClN3O4S. The minimum atomic E-state index is -4.17. The minimum absolute atomic E-state index is 0.0336. The molecule has 1 N–H and O–H groups in total. The van der Waals surface area contributed by atoms with Crippen LogP contribution in [0.2, 0.25) is 5.02 Å². The van der Waals surface area contributed by atoms with E-state index in [4.69, 9.17) is 11.6 Å². The van der Waals surface area contributed by atoms with Gasteiger partial charge in [-0.2, -0.15) is 0 Å². The van der Waals surface area contributed by atoms with Gasteiger partial charge in [0.1, 0.15) is 12.6 Å². The van der Waals surface area contributed by atoms with Gasteiger partial charge in [0.25, 0.3) is 10.0 Å². The van der Waals surface area contributed by atoms with Gasteiger partial charge in [-0.25, -0.2) is 8.42 Å². The van der Waals surface area contributed by atoms with Crippen molar-refractivity contribution in [2.45, 2.75) is 30.8 Å². The molecule has 4 aromatic rings. The van der Waals surface area contributed by atoms with Crippen molar-refractivity contribution in [3.63, 3.8) is 0 Å². The molecule has 0 aliphatic rings. The molecule has 4 aromatic carbocycles. The third kappa shape index (κ3) is 7.34. The monoisotopic (exact) mass is 589 g/mol. The van der Waals surface area contributed by atoms with Crippen LogP contribution in [0.15, 0.2) is 114 Å². The molecule has 0 aliphatic heterocycles. The van der Waals surface area contributed by atoms with E-state index >= 15 is 0 Å². The number of hydrogen-bond donors (Lipinski definition) is 1. The fourth-order valence-corrected chi connectivity index (χ4v) is 6.09. The number of carbonyl (C=O) groups excluding carboxylic acids is 2. The molecule has 2 amide bonds. The van der Waals surface area contributed by atoms with Crippen molar-refractivity contribution in [2.75, 3.05) is 17.9 Å². The van der Waals surface area contributed by atoms with Crippen LogP contribution in [0.3, 0.4) is 0 Å². The molecule has 0 heterocycles. The molecular weight excluding hydrogens is 558 g/mol. The summed E-state index contributed by atoms with van der Waals surface area (Å²) in [7, 11) is -2.65. The number of amides is 2. The summed E-state index contributed by atoms with van der Waals surface area (Å²) in [6.45, 7) is 1.39. The first-order chi connectivity index (χ1) is 19.7. The van der Waals surface area contributed by atoms with Gasteiger partial charge in [-0.15, -0.1) is 0 Å². The van der Waals surface area contributed by atoms with Gasteiger partial charge in [-0.3, -0.25) is 13.9 Å². The van der Waals surface area contributed by atoms with Crippen LogP contribution in [0.25, 0.3) is 0 Å². The number of sulfonamides is 1. The topological polar surface area (TPSA) is 86.8 Å². The van der Waals surface area contributed by atoms with E-state index in [1.54, 1.807) is 30.3 Å². The van der Waals surface area contributed by atoms with Crippen LogP contribution in [0, 0.1) is 6.92 Å². The molecule has 0 radical (unpaired) electrons. The normalized spacial score (nSPS) is 11.9. The largest absolute Gasteiger partial charge is 0.357 e. The summed E-state index contributed by atoms with van der Waals surface area (Å²) in [6.07, 6.45) is 0.251. The summed E-state index contributed by atoms with van der Waals surface area (Å²) >= 11 is 6.39. The van der Waals surface area contributed by atoms with E-state index in [1.807, 2.05) is 67.6 Å². The third-order valence-corrected chi connectivity index (χ3v) is 8.96. The Labute approximate surface area is 246 Å². The number of rotatable bonds is 11. The van der Waals surface area contributed by atoms with Gasteiger partial charge < -0.3 is 10.2 Å². The molecule has 0 aromatic heterocycles. The van der Waals surface area contributed by atoms with Gasteiger partial charge in [-0.05, 0) is 47.9 Å². The molecule has 4 rings (SSSR count). The Morgan fingerprint density at radius 3 is 1.95 bits per heavy atom. The molecule has 7 nitrogen and oxygen atoms in total. The van der Waals surface area contributed by atoms with Crippen molar-refractivity contribution in [3.8, 4) is 0 Å². The van der Waals surface area contributed by atoms with E-state index in [-0.39, 0.29) is 29.5 Å². The maximum absolute atomic E-state index is 14.2. The number of halogens is 1. The van der Waals surface area contributed by atoms with Crippen molar-refractivity contribution >= 4 is 39.1 Å². The van der Waals surface area contributed by atoms with E-state index in [1.165, 1.54) is 30.1 Å². The molecule has 0 fully saturated rings. The highest BCUT2D eigenvalue weighted by atomic mass is 35.5. The highest BCUT2D eigenvalue weighted by Crippen LogP contribution is 2.28. The smallest absolute Gasteiger partial charge is 0.264 e. The Morgan fingerprint density at radius 1 is 0.829 bits per heavy atom. The van der Waals surface area contributed by atoms with Crippen molar-refractivity contribution in [3.05, 3.63) is 131 Å². The number of nitrogens with zero attached hydrogens (tertiary/aromatic N) is 2. The van der Waals surface area contributed by atoms with Crippen LogP contribution in [-0.2, 0) is 32.6 Å². The predicted molar refractivity (Wildman–Crippen MR) is 162 cm³/mol. The molecule has 212 valence electrons. The molecule has 0 bridgehead atoms. The fraction of sp³-hybridized carbons (Fsp3) is 0.188. The zero-order valence-electron chi connectivity index (χ0n) is 22.9. The van der Waals surface area contributed by atoms with Gasteiger partial charge in [-0.1, -0.05) is 96.5 Å². The zero-order valence-corrected chi connectivity index (χ0v) is 24.5. The van der Waals surface area contributed by atoms with Crippen LogP contribution >= 0.6 is 11.6 Å². The van der Waals surface area contributed by atoms with Crippen LogP contribution in [0.4, 0.5) is 5.69 Å². The van der Waals surface area contributed by atoms with Crippen molar-refractivity contribution in [1.29, 1.82) is 0 Å². The Hall–Kier alpha value is -4.14. The molecule has 0 aliphatic carbocycles. The lowest BCUT2D eigenvalue weighted by molar-refractivity contribution is -0.139. The Morgan fingerprint density at radius 2 is 1.39 bits per heavy atom. The quantitative estimate of drug-likeness (QED) is 0.260. The van der Waals surface area contributed by atoms with E-state index in [0.717, 1.165) is 21.0 Å². The number of aryl methyl sites for hydroxylation is 1. The number of hydrogen-bond acceptors (Lipinski definition) is 4. The van der Waals surface area contributed by atoms with E-state index in [9.17, 15) is 18.0 Å². The average Bonchev–Trinajstić information content (AvgIpc) is 3.00. The predicted octanol–water partition coefficient (Wildman–Crippen LogP) is 5.23. The van der Waals surface area contributed by atoms with Crippen molar-refractivity contribution in [2.24, 2.45) is 0 Å². The van der Waals surface area contributed by atoms with Crippen molar-refractivity contribution in [1.82, 2.24) is 10.2 Å². The van der Waals surface area contributed by atoms with E-state index in [0.29, 0.717) is 5.02 Å². The van der Waals surface area contributed by atoms with Crippen molar-refractivity contribution < 1.29 is 18.0 Å². The zero-order chi connectivity index (χ0) is 29.4. The first kappa shape index (κ1) is 29.8. The summed E-state index contributed by atoms with van der Waals surface area (Å²) < 4.78 is 28.9. The molecule has 0 unspecified atom stereocenters. The SMILES string of the molecule is CNC(=O)[C@@H](Cc1ccccc1)N(Cc1ccccc1)C(=O)CN(c1ccc(C)c(Cl)c1)S(=O)(=O)c1ccccc1. The van der Waals surface area contributed by atoms with Crippen LogP contribution < -0.4 is 9.62 Å². The van der Waals surface area contributed by atoms with Crippen LogP contribution in [-0.4, -0.2) is 44.8 Å². The lowest BCUT2D eigenvalue weighted by Crippen LogP contribution is -2.53. The molecule has 9 heteroatoms. The highest BCUT2D eigenvalue weighted by Gasteiger charge is 2.34. The van der Waals surface area contributed by atoms with Crippen LogP contribution in [0.5, 0.6) is 0 Å². The number of anilines is 1. The number of likely N-dealkylation sites (N-methyl/N-ethyl adjacent to an activating group) is 1. The van der Waals surface area contributed by atoms with Gasteiger partial charge in [0.2, 0.25) is 11.8 Å². The highest BCUT2D eigenvalue weighted by molar-refractivity contribution is 7.92. The van der Waals surface area contributed by atoms with E-state index < -0.39 is 28.5 Å². The second-order valence-corrected chi connectivity index (χ2v) is 11.9. The maximum Gasteiger partial charge on any atom is 0.264 e. The summed E-state index contributed by atoms with van der Waals surface area (Å²) in [4.78, 5) is 29.0. The standard InChI is InChI=1S/C32H32ClN3O4S/c1-24-18-19-27(21-29(24)33)36(41(39,40)28-16-10-5-11-17-28)23-31(37)35(22-26-14-8-4-9-15-26)30(32(38)34-2)20-25-12-6-3-7-13-25/h3-19,21,30H,20,22-23H2,1-2H3,(H,34,38)/t30-/m1/s1. The maximum atomic E-state index is 14.2. The third-order valence-electron chi connectivity index (χ3n) is 6.77.